The van der Waals surface area contributed by atoms with Gasteiger partial charge in [-0.05, 0) is 37.6 Å². The summed E-state index contributed by atoms with van der Waals surface area (Å²) < 4.78 is 5.33. The summed E-state index contributed by atoms with van der Waals surface area (Å²) in [6, 6.07) is 6.00. The third-order valence-corrected chi connectivity index (χ3v) is 2.77. The highest BCUT2D eigenvalue weighted by Crippen LogP contribution is 2.22. The molecule has 1 aromatic carbocycles. The molecule has 0 aliphatic rings. The van der Waals surface area contributed by atoms with Crippen molar-refractivity contribution in [3.63, 3.8) is 0 Å². The number of nitrogens with zero attached hydrogens (tertiary/aromatic N) is 1. The number of hydrogen-bond donors (Lipinski definition) is 1. The van der Waals surface area contributed by atoms with Crippen molar-refractivity contribution < 1.29 is 14.6 Å². The van der Waals surface area contributed by atoms with Gasteiger partial charge in [-0.15, -0.1) is 0 Å². The van der Waals surface area contributed by atoms with Crippen LogP contribution in [-0.4, -0.2) is 37.9 Å². The first-order valence-electron chi connectivity index (χ1n) is 6.35. The fraction of sp³-hybridized carbons (Fsp3) is 0.400. The second kappa shape index (κ2) is 7.59. The predicted molar refractivity (Wildman–Crippen MR) is 77.6 cm³/mol. The fourth-order valence-electron chi connectivity index (χ4n) is 1.78. The first kappa shape index (κ1) is 15.2. The average molecular weight is 263 g/mol. The molecule has 0 fully saturated rings. The van der Waals surface area contributed by atoms with E-state index in [1.165, 1.54) is 0 Å². The maximum atomic E-state index is 10.6. The lowest BCUT2D eigenvalue weighted by Crippen LogP contribution is -2.23. The normalized spacial score (nSPS) is 10.9. The minimum atomic E-state index is -0.940. The molecule has 0 amide bonds. The van der Waals surface area contributed by atoms with Crippen LogP contribution in [0, 0.1) is 6.92 Å². The van der Waals surface area contributed by atoms with E-state index in [1.54, 1.807) is 6.08 Å². The van der Waals surface area contributed by atoms with E-state index in [0.717, 1.165) is 29.4 Å². The average Bonchev–Trinajstić information content (AvgIpc) is 2.36. The van der Waals surface area contributed by atoms with Gasteiger partial charge in [0, 0.05) is 32.0 Å². The van der Waals surface area contributed by atoms with Gasteiger partial charge in [0.05, 0.1) is 6.61 Å². The molecule has 0 unspecified atom stereocenters. The SMILES string of the molecule is CCOCCN(C)c1ccc(C)cc1/C=C/C(=O)O. The second-order valence-electron chi connectivity index (χ2n) is 4.35. The van der Waals surface area contributed by atoms with Crippen LogP contribution >= 0.6 is 0 Å². The van der Waals surface area contributed by atoms with E-state index in [4.69, 9.17) is 9.84 Å². The number of benzene rings is 1. The van der Waals surface area contributed by atoms with Crippen LogP contribution in [0.2, 0.25) is 0 Å². The Labute approximate surface area is 114 Å². The zero-order chi connectivity index (χ0) is 14.3. The molecule has 0 aliphatic heterocycles. The lowest BCUT2D eigenvalue weighted by atomic mass is 10.1. The summed E-state index contributed by atoms with van der Waals surface area (Å²) in [6.45, 7) is 6.08. The molecule has 0 aliphatic carbocycles. The number of hydrogen-bond acceptors (Lipinski definition) is 3. The number of aliphatic carboxylic acids is 1. The number of anilines is 1. The number of carbonyl (C=O) groups is 1. The van der Waals surface area contributed by atoms with E-state index in [1.807, 2.05) is 39.1 Å². The van der Waals surface area contributed by atoms with Gasteiger partial charge in [-0.25, -0.2) is 4.79 Å². The quantitative estimate of drug-likeness (QED) is 0.607. The molecule has 0 saturated carbocycles. The molecule has 4 heteroatoms. The van der Waals surface area contributed by atoms with Gasteiger partial charge in [0.15, 0.2) is 0 Å². The Hall–Kier alpha value is -1.81. The number of carboxylic acid groups (broad SMARTS) is 1. The Morgan fingerprint density at radius 2 is 2.21 bits per heavy atom. The van der Waals surface area contributed by atoms with Crippen molar-refractivity contribution in [2.45, 2.75) is 13.8 Å². The van der Waals surface area contributed by atoms with Crippen molar-refractivity contribution in [2.24, 2.45) is 0 Å². The molecular formula is C15H21NO3. The monoisotopic (exact) mass is 263 g/mol. The van der Waals surface area contributed by atoms with Gasteiger partial charge in [0.25, 0.3) is 0 Å². The van der Waals surface area contributed by atoms with Crippen molar-refractivity contribution in [2.75, 3.05) is 31.7 Å². The van der Waals surface area contributed by atoms with Gasteiger partial charge in [-0.1, -0.05) is 11.6 Å². The first-order valence-corrected chi connectivity index (χ1v) is 6.35. The van der Waals surface area contributed by atoms with Gasteiger partial charge < -0.3 is 14.7 Å². The zero-order valence-electron chi connectivity index (χ0n) is 11.7. The van der Waals surface area contributed by atoms with E-state index in [9.17, 15) is 4.79 Å². The summed E-state index contributed by atoms with van der Waals surface area (Å²) in [4.78, 5) is 12.7. The van der Waals surface area contributed by atoms with Crippen LogP contribution in [0.3, 0.4) is 0 Å². The highest BCUT2D eigenvalue weighted by molar-refractivity contribution is 5.87. The maximum absolute atomic E-state index is 10.6. The van der Waals surface area contributed by atoms with Crippen molar-refractivity contribution in [1.29, 1.82) is 0 Å². The Morgan fingerprint density at radius 1 is 1.47 bits per heavy atom. The van der Waals surface area contributed by atoms with Crippen molar-refractivity contribution >= 4 is 17.7 Å². The molecule has 1 rings (SSSR count). The fourth-order valence-corrected chi connectivity index (χ4v) is 1.78. The van der Waals surface area contributed by atoms with Gasteiger partial charge in [-0.2, -0.15) is 0 Å². The molecule has 0 bridgehead atoms. The largest absolute Gasteiger partial charge is 0.478 e. The molecular weight excluding hydrogens is 242 g/mol. The van der Waals surface area contributed by atoms with Gasteiger partial charge in [0.1, 0.15) is 0 Å². The topological polar surface area (TPSA) is 49.8 Å². The van der Waals surface area contributed by atoms with Crippen molar-refractivity contribution in [3.8, 4) is 0 Å². The van der Waals surface area contributed by atoms with Crippen LogP contribution in [0.15, 0.2) is 24.3 Å². The van der Waals surface area contributed by atoms with Crippen LogP contribution in [0.4, 0.5) is 5.69 Å². The third kappa shape index (κ3) is 5.14. The van der Waals surface area contributed by atoms with Crippen LogP contribution in [0.25, 0.3) is 6.08 Å². The summed E-state index contributed by atoms with van der Waals surface area (Å²) in [6.07, 6.45) is 2.79. The molecule has 0 spiro atoms. The second-order valence-corrected chi connectivity index (χ2v) is 4.35. The first-order chi connectivity index (χ1) is 9.04. The highest BCUT2D eigenvalue weighted by atomic mass is 16.5. The standard InChI is InChI=1S/C15H21NO3/c1-4-19-10-9-16(3)14-7-5-12(2)11-13(14)6-8-15(17)18/h5-8,11H,4,9-10H2,1-3H3,(H,17,18)/b8-6+. The number of rotatable bonds is 7. The number of aryl methyl sites for hydroxylation is 1. The smallest absolute Gasteiger partial charge is 0.328 e. The highest BCUT2D eigenvalue weighted by Gasteiger charge is 2.06. The van der Waals surface area contributed by atoms with Crippen LogP contribution in [0.5, 0.6) is 0 Å². The molecule has 1 N–H and O–H groups in total. The number of likely N-dealkylation sites (N-methyl/N-ethyl adjacent to an activating group) is 1. The van der Waals surface area contributed by atoms with Crippen molar-refractivity contribution in [3.05, 3.63) is 35.4 Å². The maximum Gasteiger partial charge on any atom is 0.328 e. The summed E-state index contributed by atoms with van der Waals surface area (Å²) in [5.41, 5.74) is 3.01. The summed E-state index contributed by atoms with van der Waals surface area (Å²) in [5.74, 6) is -0.940. The number of ether oxygens (including phenoxy) is 1. The molecule has 104 valence electrons. The molecule has 0 saturated heterocycles. The molecule has 0 radical (unpaired) electrons. The molecule has 19 heavy (non-hydrogen) atoms. The van der Waals surface area contributed by atoms with Gasteiger partial charge in [0.2, 0.25) is 0 Å². The zero-order valence-corrected chi connectivity index (χ0v) is 11.7. The Bertz CT molecular complexity index is 455. The van der Waals surface area contributed by atoms with Gasteiger partial charge in [-0.3, -0.25) is 0 Å². The Balaban J connectivity index is 2.89. The lowest BCUT2D eigenvalue weighted by Gasteiger charge is -2.21. The molecule has 0 heterocycles. The van der Waals surface area contributed by atoms with E-state index < -0.39 is 5.97 Å². The van der Waals surface area contributed by atoms with Crippen LogP contribution in [-0.2, 0) is 9.53 Å². The Kier molecular flexibility index (Phi) is 6.09. The Morgan fingerprint density at radius 3 is 2.84 bits per heavy atom. The molecule has 0 aromatic heterocycles. The summed E-state index contributed by atoms with van der Waals surface area (Å²) in [7, 11) is 1.97. The van der Waals surface area contributed by atoms with E-state index in [-0.39, 0.29) is 0 Å². The van der Waals surface area contributed by atoms with E-state index in [2.05, 4.69) is 4.90 Å². The molecule has 1 aromatic rings. The minimum Gasteiger partial charge on any atom is -0.478 e. The number of carboxylic acids is 1. The van der Waals surface area contributed by atoms with Crippen LogP contribution in [0.1, 0.15) is 18.1 Å². The predicted octanol–water partition coefficient (Wildman–Crippen LogP) is 2.57. The van der Waals surface area contributed by atoms with Crippen molar-refractivity contribution in [1.82, 2.24) is 0 Å². The summed E-state index contributed by atoms with van der Waals surface area (Å²) in [5, 5.41) is 8.73. The van der Waals surface area contributed by atoms with E-state index >= 15 is 0 Å². The molecule has 4 nitrogen and oxygen atoms in total. The van der Waals surface area contributed by atoms with Crippen LogP contribution < -0.4 is 4.90 Å². The van der Waals surface area contributed by atoms with Gasteiger partial charge >= 0.3 is 5.97 Å². The summed E-state index contributed by atoms with van der Waals surface area (Å²) >= 11 is 0. The molecule has 0 atom stereocenters. The van der Waals surface area contributed by atoms with E-state index in [0.29, 0.717) is 13.2 Å². The third-order valence-electron chi connectivity index (χ3n) is 2.77. The minimum absolute atomic E-state index is 0.656. The lowest BCUT2D eigenvalue weighted by molar-refractivity contribution is -0.131.